The largest absolute Gasteiger partial charge is 0.493 e. The number of hydrogen-bond donors (Lipinski definition) is 1. The van der Waals surface area contributed by atoms with Crippen LogP contribution in [0, 0.1) is 0 Å². The first kappa shape index (κ1) is 16.3. The first-order chi connectivity index (χ1) is 11.6. The van der Waals surface area contributed by atoms with Gasteiger partial charge in [0.15, 0.2) is 11.5 Å². The number of nitrogens with one attached hydrogen (secondary N) is 1. The van der Waals surface area contributed by atoms with E-state index in [1.807, 2.05) is 36.4 Å². The van der Waals surface area contributed by atoms with Crippen LogP contribution in [0.2, 0.25) is 0 Å². The summed E-state index contributed by atoms with van der Waals surface area (Å²) in [4.78, 5) is 19.4. The van der Waals surface area contributed by atoms with Gasteiger partial charge < -0.3 is 14.5 Å². The average Bonchev–Trinajstić information content (AvgIpc) is 2.60. The van der Waals surface area contributed by atoms with Crippen LogP contribution in [-0.2, 0) is 0 Å². The van der Waals surface area contributed by atoms with Crippen molar-refractivity contribution in [3.63, 3.8) is 0 Å². The molecule has 0 spiro atoms. The predicted octanol–water partition coefficient (Wildman–Crippen LogP) is 3.87. The molecule has 0 radical (unpaired) electrons. The van der Waals surface area contributed by atoms with E-state index in [1.54, 1.807) is 26.4 Å². The number of halogens is 1. The average molecular weight is 387 g/mol. The van der Waals surface area contributed by atoms with Crippen LogP contribution < -0.4 is 15.0 Å². The molecule has 6 heteroatoms. The van der Waals surface area contributed by atoms with E-state index in [0.717, 1.165) is 10.0 Å². The Hall–Kier alpha value is -2.60. The predicted molar refractivity (Wildman–Crippen MR) is 98.5 cm³/mol. The Labute approximate surface area is 147 Å². The summed E-state index contributed by atoms with van der Waals surface area (Å²) in [6.07, 6.45) is 3.61. The molecule has 3 aromatic rings. The number of benzene rings is 2. The molecule has 2 aromatic carbocycles. The normalized spacial score (nSPS) is 11.1. The van der Waals surface area contributed by atoms with Gasteiger partial charge in [0.2, 0.25) is 0 Å². The van der Waals surface area contributed by atoms with Crippen LogP contribution in [-0.4, -0.2) is 24.2 Å². The smallest absolute Gasteiger partial charge is 0.259 e. The van der Waals surface area contributed by atoms with Gasteiger partial charge in [0, 0.05) is 4.47 Å². The van der Waals surface area contributed by atoms with Gasteiger partial charge in [0.05, 0.1) is 25.1 Å². The molecule has 0 bridgehead atoms. The van der Waals surface area contributed by atoms with Crippen molar-refractivity contribution in [3.05, 3.63) is 62.6 Å². The molecule has 24 heavy (non-hydrogen) atoms. The molecule has 122 valence electrons. The Kier molecular flexibility index (Phi) is 4.66. The van der Waals surface area contributed by atoms with E-state index in [9.17, 15) is 4.79 Å². The fourth-order valence-electron chi connectivity index (χ4n) is 2.34. The molecule has 1 N–H and O–H groups in total. The minimum Gasteiger partial charge on any atom is -0.493 e. The summed E-state index contributed by atoms with van der Waals surface area (Å²) >= 11 is 3.36. The minimum atomic E-state index is -0.173. The highest BCUT2D eigenvalue weighted by Gasteiger charge is 2.04. The number of hydrogen-bond acceptors (Lipinski definition) is 4. The molecule has 0 atom stereocenters. The lowest BCUT2D eigenvalue weighted by Gasteiger charge is -2.07. The molecular weight excluding hydrogens is 372 g/mol. The third-order valence-corrected chi connectivity index (χ3v) is 4.02. The second kappa shape index (κ2) is 6.88. The Morgan fingerprint density at radius 3 is 2.58 bits per heavy atom. The Balaban J connectivity index is 1.96. The number of aromatic nitrogens is 2. The van der Waals surface area contributed by atoms with Gasteiger partial charge in [-0.2, -0.15) is 0 Å². The Morgan fingerprint density at radius 1 is 1.04 bits per heavy atom. The van der Waals surface area contributed by atoms with Crippen molar-refractivity contribution in [2.75, 3.05) is 14.2 Å². The molecule has 0 unspecified atom stereocenters. The zero-order chi connectivity index (χ0) is 17.1. The van der Waals surface area contributed by atoms with Crippen LogP contribution in [0.4, 0.5) is 0 Å². The third-order valence-electron chi connectivity index (χ3n) is 3.53. The zero-order valence-electron chi connectivity index (χ0n) is 13.2. The Morgan fingerprint density at radius 2 is 1.83 bits per heavy atom. The second-order valence-corrected chi connectivity index (χ2v) is 5.98. The summed E-state index contributed by atoms with van der Waals surface area (Å²) in [6.45, 7) is 0. The number of nitrogens with zero attached hydrogens (tertiary/aromatic N) is 1. The summed E-state index contributed by atoms with van der Waals surface area (Å²) in [5, 5.41) is 0.549. The molecule has 0 amide bonds. The maximum absolute atomic E-state index is 12.2. The molecule has 1 aromatic heterocycles. The van der Waals surface area contributed by atoms with Crippen molar-refractivity contribution < 1.29 is 9.47 Å². The number of H-pyrrole nitrogens is 1. The molecule has 3 rings (SSSR count). The molecule has 0 aliphatic rings. The molecule has 5 nitrogen and oxygen atoms in total. The summed E-state index contributed by atoms with van der Waals surface area (Å²) in [7, 11) is 3.18. The number of aromatic amines is 1. The fourth-order valence-corrected chi connectivity index (χ4v) is 2.70. The van der Waals surface area contributed by atoms with Crippen molar-refractivity contribution in [2.24, 2.45) is 0 Å². The summed E-state index contributed by atoms with van der Waals surface area (Å²) in [5.74, 6) is 1.80. The van der Waals surface area contributed by atoms with E-state index in [1.165, 1.54) is 0 Å². The van der Waals surface area contributed by atoms with Gasteiger partial charge in [0.25, 0.3) is 5.56 Å². The van der Waals surface area contributed by atoms with Crippen molar-refractivity contribution in [2.45, 2.75) is 0 Å². The highest BCUT2D eigenvalue weighted by molar-refractivity contribution is 9.10. The van der Waals surface area contributed by atoms with Crippen LogP contribution in [0.3, 0.4) is 0 Å². The van der Waals surface area contributed by atoms with Crippen LogP contribution in [0.25, 0.3) is 23.1 Å². The van der Waals surface area contributed by atoms with Crippen molar-refractivity contribution in [1.82, 2.24) is 9.97 Å². The van der Waals surface area contributed by atoms with Crippen molar-refractivity contribution >= 4 is 39.0 Å². The molecule has 0 aliphatic heterocycles. The molecule has 0 saturated heterocycles. The maximum Gasteiger partial charge on any atom is 0.259 e. The maximum atomic E-state index is 12.2. The minimum absolute atomic E-state index is 0.173. The van der Waals surface area contributed by atoms with Gasteiger partial charge in [-0.1, -0.05) is 28.1 Å². The van der Waals surface area contributed by atoms with Gasteiger partial charge in [-0.3, -0.25) is 4.79 Å². The van der Waals surface area contributed by atoms with Gasteiger partial charge >= 0.3 is 0 Å². The van der Waals surface area contributed by atoms with Gasteiger partial charge in [-0.25, -0.2) is 4.98 Å². The number of rotatable bonds is 4. The van der Waals surface area contributed by atoms with E-state index < -0.39 is 0 Å². The van der Waals surface area contributed by atoms with Crippen LogP contribution in [0.5, 0.6) is 11.5 Å². The van der Waals surface area contributed by atoms with E-state index in [-0.39, 0.29) is 5.56 Å². The fraction of sp³-hybridized carbons (Fsp3) is 0.111. The molecule has 0 aliphatic carbocycles. The van der Waals surface area contributed by atoms with Gasteiger partial charge in [-0.15, -0.1) is 0 Å². The molecule has 0 saturated carbocycles. The number of fused-ring (bicyclic) bond motifs is 1. The molecule has 0 fully saturated rings. The molecular formula is C18H15BrN2O3. The highest BCUT2D eigenvalue weighted by atomic mass is 79.9. The van der Waals surface area contributed by atoms with E-state index in [4.69, 9.17) is 9.47 Å². The monoisotopic (exact) mass is 386 g/mol. The van der Waals surface area contributed by atoms with Crippen LogP contribution >= 0.6 is 15.9 Å². The SMILES string of the molecule is COc1ccc(/C=C/c2nc3ccc(Br)cc3c(=O)[nH]2)cc1OC. The summed E-state index contributed by atoms with van der Waals surface area (Å²) < 4.78 is 11.3. The summed E-state index contributed by atoms with van der Waals surface area (Å²) in [6, 6.07) is 11.0. The van der Waals surface area contributed by atoms with E-state index in [0.29, 0.717) is 28.2 Å². The third kappa shape index (κ3) is 3.33. The lowest BCUT2D eigenvalue weighted by molar-refractivity contribution is 0.355. The lowest BCUT2D eigenvalue weighted by Crippen LogP contribution is -2.09. The van der Waals surface area contributed by atoms with Gasteiger partial charge in [-0.05, 0) is 42.0 Å². The highest BCUT2D eigenvalue weighted by Crippen LogP contribution is 2.28. The first-order valence-electron chi connectivity index (χ1n) is 7.20. The van der Waals surface area contributed by atoms with E-state index >= 15 is 0 Å². The number of methoxy groups -OCH3 is 2. The van der Waals surface area contributed by atoms with Crippen molar-refractivity contribution in [1.29, 1.82) is 0 Å². The van der Waals surface area contributed by atoms with E-state index in [2.05, 4.69) is 25.9 Å². The van der Waals surface area contributed by atoms with Crippen LogP contribution in [0.15, 0.2) is 45.7 Å². The lowest BCUT2D eigenvalue weighted by atomic mass is 10.2. The zero-order valence-corrected chi connectivity index (χ0v) is 14.8. The number of ether oxygens (including phenoxy) is 2. The summed E-state index contributed by atoms with van der Waals surface area (Å²) in [5.41, 5.74) is 1.38. The van der Waals surface area contributed by atoms with Crippen molar-refractivity contribution in [3.8, 4) is 11.5 Å². The Bertz CT molecular complexity index is 980. The van der Waals surface area contributed by atoms with Crippen LogP contribution in [0.1, 0.15) is 11.4 Å². The second-order valence-electron chi connectivity index (χ2n) is 5.06. The topological polar surface area (TPSA) is 64.2 Å². The quantitative estimate of drug-likeness (QED) is 0.738. The first-order valence-corrected chi connectivity index (χ1v) is 7.99. The molecule has 1 heterocycles. The van der Waals surface area contributed by atoms with Gasteiger partial charge in [0.1, 0.15) is 5.82 Å². The standard InChI is InChI=1S/C18H15BrN2O3/c1-23-15-7-3-11(9-16(15)24-2)4-8-17-20-14-6-5-12(19)10-13(14)18(22)21-17/h3-10H,1-2H3,(H,20,21,22)/b8-4+.